The number of nitrogens with zero attached hydrogens (tertiary/aromatic N) is 4. The second kappa shape index (κ2) is 9.18. The average molecular weight is 433 g/mol. The summed E-state index contributed by atoms with van der Waals surface area (Å²) in [6.45, 7) is 2.89. The Bertz CT molecular complexity index is 1210. The van der Waals surface area contributed by atoms with Crippen LogP contribution in [0.3, 0.4) is 0 Å². The van der Waals surface area contributed by atoms with E-state index in [0.717, 1.165) is 5.52 Å². The second-order valence-corrected chi connectivity index (χ2v) is 7.58. The number of hydrogen-bond acceptors (Lipinski definition) is 6. The SMILES string of the molecule is C[C@H](CCO)n1c(NC(=O)c2cccc(C#N)c2)nc2cc(N3CCOCC3=O)ccc21. The summed E-state index contributed by atoms with van der Waals surface area (Å²) in [4.78, 5) is 31.4. The fourth-order valence-corrected chi connectivity index (χ4v) is 3.80. The summed E-state index contributed by atoms with van der Waals surface area (Å²) in [5.74, 6) is -0.174. The highest BCUT2D eigenvalue weighted by Gasteiger charge is 2.23. The normalized spacial score (nSPS) is 14.9. The van der Waals surface area contributed by atoms with Gasteiger partial charge in [-0.2, -0.15) is 5.26 Å². The first-order valence-corrected chi connectivity index (χ1v) is 10.3. The molecule has 0 spiro atoms. The Hall–Kier alpha value is -3.74. The maximum absolute atomic E-state index is 12.9. The molecule has 1 atom stereocenters. The molecule has 1 aliphatic rings. The van der Waals surface area contributed by atoms with Crippen LogP contribution in [0.5, 0.6) is 0 Å². The predicted octanol–water partition coefficient (Wildman–Crippen LogP) is 2.47. The van der Waals surface area contributed by atoms with Crippen LogP contribution in [-0.2, 0) is 9.53 Å². The van der Waals surface area contributed by atoms with Gasteiger partial charge in [0.2, 0.25) is 5.95 Å². The summed E-state index contributed by atoms with van der Waals surface area (Å²) in [7, 11) is 0. The summed E-state index contributed by atoms with van der Waals surface area (Å²) in [6, 6.07) is 13.8. The lowest BCUT2D eigenvalue weighted by molar-refractivity contribution is -0.125. The number of aliphatic hydroxyl groups is 1. The van der Waals surface area contributed by atoms with Gasteiger partial charge in [0.25, 0.3) is 11.8 Å². The maximum Gasteiger partial charge on any atom is 0.258 e. The van der Waals surface area contributed by atoms with Gasteiger partial charge >= 0.3 is 0 Å². The van der Waals surface area contributed by atoms with Crippen LogP contribution in [0.25, 0.3) is 11.0 Å². The molecule has 2 aromatic carbocycles. The van der Waals surface area contributed by atoms with Gasteiger partial charge in [0.15, 0.2) is 0 Å². The molecule has 2 heterocycles. The topological polar surface area (TPSA) is 120 Å². The number of aliphatic hydroxyl groups excluding tert-OH is 1. The highest BCUT2D eigenvalue weighted by molar-refractivity contribution is 6.04. The third-order valence-corrected chi connectivity index (χ3v) is 5.44. The minimum Gasteiger partial charge on any atom is -0.396 e. The molecule has 1 aliphatic heterocycles. The number of aromatic nitrogens is 2. The zero-order valence-electron chi connectivity index (χ0n) is 17.6. The number of ether oxygens (including phenoxy) is 1. The molecule has 4 rings (SSSR count). The van der Waals surface area contributed by atoms with E-state index in [1.54, 1.807) is 23.1 Å². The molecule has 1 fully saturated rings. The molecule has 9 heteroatoms. The largest absolute Gasteiger partial charge is 0.396 e. The molecular formula is C23H23N5O4. The Morgan fingerprint density at radius 3 is 2.94 bits per heavy atom. The third kappa shape index (κ3) is 4.19. The molecule has 0 saturated carbocycles. The zero-order chi connectivity index (χ0) is 22.7. The number of carbonyl (C=O) groups is 2. The van der Waals surface area contributed by atoms with Gasteiger partial charge < -0.3 is 19.3 Å². The molecule has 0 bridgehead atoms. The minimum absolute atomic E-state index is 0.0151. The number of amides is 2. The molecule has 0 radical (unpaired) electrons. The number of fused-ring (bicyclic) bond motifs is 1. The Balaban J connectivity index is 1.72. The van der Waals surface area contributed by atoms with Gasteiger partial charge in [-0.3, -0.25) is 14.9 Å². The van der Waals surface area contributed by atoms with Crippen molar-refractivity contribution in [3.63, 3.8) is 0 Å². The van der Waals surface area contributed by atoms with E-state index in [1.165, 1.54) is 6.07 Å². The fraction of sp³-hybridized carbons (Fsp3) is 0.304. The molecule has 9 nitrogen and oxygen atoms in total. The average Bonchev–Trinajstić information content (AvgIpc) is 3.16. The van der Waals surface area contributed by atoms with Gasteiger partial charge in [0.05, 0.1) is 29.3 Å². The van der Waals surface area contributed by atoms with Crippen LogP contribution in [0.2, 0.25) is 0 Å². The first-order valence-electron chi connectivity index (χ1n) is 10.3. The Morgan fingerprint density at radius 1 is 1.34 bits per heavy atom. The Labute approximate surface area is 184 Å². The molecule has 2 N–H and O–H groups in total. The lowest BCUT2D eigenvalue weighted by atomic mass is 10.1. The van der Waals surface area contributed by atoms with Crippen molar-refractivity contribution in [2.45, 2.75) is 19.4 Å². The van der Waals surface area contributed by atoms with Gasteiger partial charge in [-0.15, -0.1) is 0 Å². The lowest BCUT2D eigenvalue weighted by Crippen LogP contribution is -2.41. The number of hydrogen-bond donors (Lipinski definition) is 2. The van der Waals surface area contributed by atoms with Crippen molar-refractivity contribution in [3.05, 3.63) is 53.6 Å². The summed E-state index contributed by atoms with van der Waals surface area (Å²) in [5.41, 5.74) is 2.84. The molecule has 3 aromatic rings. The van der Waals surface area contributed by atoms with E-state index in [-0.39, 0.29) is 25.2 Å². The zero-order valence-corrected chi connectivity index (χ0v) is 17.6. The second-order valence-electron chi connectivity index (χ2n) is 7.58. The molecule has 1 aromatic heterocycles. The van der Waals surface area contributed by atoms with E-state index in [1.807, 2.05) is 35.8 Å². The number of nitrogens with one attached hydrogen (secondary N) is 1. The third-order valence-electron chi connectivity index (χ3n) is 5.44. The van der Waals surface area contributed by atoms with Gasteiger partial charge in [0, 0.05) is 30.4 Å². The number of carbonyl (C=O) groups excluding carboxylic acids is 2. The van der Waals surface area contributed by atoms with Crippen molar-refractivity contribution in [2.24, 2.45) is 0 Å². The Kier molecular flexibility index (Phi) is 6.16. The number of anilines is 2. The molecule has 164 valence electrons. The van der Waals surface area contributed by atoms with Crippen LogP contribution in [-0.4, -0.2) is 52.8 Å². The number of nitriles is 1. The van der Waals surface area contributed by atoms with Crippen LogP contribution in [0.4, 0.5) is 11.6 Å². The number of rotatable bonds is 6. The van der Waals surface area contributed by atoms with E-state index in [9.17, 15) is 14.7 Å². The van der Waals surface area contributed by atoms with Crippen molar-refractivity contribution in [1.82, 2.24) is 9.55 Å². The first-order chi connectivity index (χ1) is 15.5. The number of morpholine rings is 1. The van der Waals surface area contributed by atoms with Gasteiger partial charge in [-0.25, -0.2) is 4.98 Å². The van der Waals surface area contributed by atoms with Crippen molar-refractivity contribution in [1.29, 1.82) is 5.26 Å². The van der Waals surface area contributed by atoms with Crippen LogP contribution in [0.1, 0.15) is 35.3 Å². The summed E-state index contributed by atoms with van der Waals surface area (Å²) in [5, 5.41) is 21.4. The highest BCUT2D eigenvalue weighted by Crippen LogP contribution is 2.30. The molecular weight excluding hydrogens is 410 g/mol. The monoisotopic (exact) mass is 433 g/mol. The maximum atomic E-state index is 12.9. The van der Waals surface area contributed by atoms with Crippen LogP contribution < -0.4 is 10.2 Å². The van der Waals surface area contributed by atoms with E-state index in [4.69, 9.17) is 10.00 Å². The Morgan fingerprint density at radius 2 is 2.19 bits per heavy atom. The minimum atomic E-state index is -0.390. The van der Waals surface area contributed by atoms with E-state index in [2.05, 4.69) is 10.3 Å². The number of imidazole rings is 1. The molecule has 2 amide bonds. The first kappa shape index (κ1) is 21.5. The van der Waals surface area contributed by atoms with Crippen molar-refractivity contribution in [3.8, 4) is 6.07 Å². The standard InChI is InChI=1S/C23H23N5O4/c1-15(7-9-29)28-20-6-5-18(27-8-10-32-14-21(27)30)12-19(20)25-23(28)26-22(31)17-4-2-3-16(11-17)13-24/h2-6,11-12,15,29H,7-10,14H2,1H3,(H,25,26,31)/t15-/m1/s1. The van der Waals surface area contributed by atoms with Crippen LogP contribution in [0.15, 0.2) is 42.5 Å². The predicted molar refractivity (Wildman–Crippen MR) is 118 cm³/mol. The van der Waals surface area contributed by atoms with Crippen molar-refractivity contribution >= 4 is 34.5 Å². The van der Waals surface area contributed by atoms with Gasteiger partial charge in [0.1, 0.15) is 6.61 Å². The van der Waals surface area contributed by atoms with Gasteiger partial charge in [-0.05, 0) is 49.7 Å². The van der Waals surface area contributed by atoms with Gasteiger partial charge in [-0.1, -0.05) is 6.07 Å². The van der Waals surface area contributed by atoms with Crippen LogP contribution in [0, 0.1) is 11.3 Å². The molecule has 1 saturated heterocycles. The molecule has 32 heavy (non-hydrogen) atoms. The summed E-state index contributed by atoms with van der Waals surface area (Å²) >= 11 is 0. The number of benzene rings is 2. The summed E-state index contributed by atoms with van der Waals surface area (Å²) < 4.78 is 7.07. The van der Waals surface area contributed by atoms with E-state index < -0.39 is 5.91 Å². The van der Waals surface area contributed by atoms with E-state index in [0.29, 0.717) is 47.9 Å². The highest BCUT2D eigenvalue weighted by atomic mass is 16.5. The quantitative estimate of drug-likeness (QED) is 0.616. The van der Waals surface area contributed by atoms with Crippen LogP contribution >= 0.6 is 0 Å². The molecule has 0 unspecified atom stereocenters. The lowest BCUT2D eigenvalue weighted by Gasteiger charge is -2.26. The van der Waals surface area contributed by atoms with E-state index >= 15 is 0 Å². The van der Waals surface area contributed by atoms with Crippen molar-refractivity contribution in [2.75, 3.05) is 36.6 Å². The smallest absolute Gasteiger partial charge is 0.258 e. The van der Waals surface area contributed by atoms with Crippen molar-refractivity contribution < 1.29 is 19.4 Å². The molecule has 0 aliphatic carbocycles. The fourth-order valence-electron chi connectivity index (χ4n) is 3.80. The summed E-state index contributed by atoms with van der Waals surface area (Å²) in [6.07, 6.45) is 0.474.